The minimum Gasteiger partial charge on any atom is -0.491 e. The monoisotopic (exact) mass is 290 g/mol. The molecule has 0 amide bonds. The maximum Gasteiger partial charge on any atom is 0.147 e. The summed E-state index contributed by atoms with van der Waals surface area (Å²) in [7, 11) is 0. The molecule has 1 N–H and O–H groups in total. The Labute approximate surface area is 122 Å². The lowest BCUT2D eigenvalue weighted by Crippen LogP contribution is -2.26. The molecule has 0 radical (unpaired) electrons. The largest absolute Gasteiger partial charge is 0.491 e. The molecule has 0 atom stereocenters. The van der Waals surface area contributed by atoms with E-state index in [1.807, 2.05) is 24.3 Å². The van der Waals surface area contributed by atoms with Gasteiger partial charge in [0.1, 0.15) is 18.2 Å². The van der Waals surface area contributed by atoms with Gasteiger partial charge in [0, 0.05) is 18.3 Å². The standard InChI is InChI=1S/C15H15ClN2O2/c16-13-7-11(10-19)8-17-15(13)18-5-6-20-14-4-2-1-3-12(14)9-18/h1-4,7-8,19H,5-6,9-10H2. The number of ether oxygens (including phenoxy) is 1. The topological polar surface area (TPSA) is 45.6 Å². The Kier molecular flexibility index (Phi) is 3.76. The van der Waals surface area contributed by atoms with Crippen LogP contribution in [-0.2, 0) is 13.2 Å². The molecule has 0 unspecified atom stereocenters. The third-order valence-corrected chi connectivity index (χ3v) is 3.59. The predicted molar refractivity (Wildman–Crippen MR) is 78.2 cm³/mol. The average molecular weight is 291 g/mol. The van der Waals surface area contributed by atoms with Crippen molar-refractivity contribution in [3.05, 3.63) is 52.7 Å². The van der Waals surface area contributed by atoms with E-state index in [0.29, 0.717) is 23.7 Å². The molecule has 1 aromatic carbocycles. The molecule has 0 fully saturated rings. The van der Waals surface area contributed by atoms with E-state index in [1.54, 1.807) is 12.3 Å². The molecule has 0 bridgehead atoms. The van der Waals surface area contributed by atoms with Gasteiger partial charge in [0.25, 0.3) is 0 Å². The van der Waals surface area contributed by atoms with Crippen LogP contribution in [-0.4, -0.2) is 23.2 Å². The first-order valence-electron chi connectivity index (χ1n) is 6.49. The van der Waals surface area contributed by atoms with Gasteiger partial charge in [0.05, 0.1) is 18.2 Å². The summed E-state index contributed by atoms with van der Waals surface area (Å²) in [5, 5.41) is 9.66. The van der Waals surface area contributed by atoms with Crippen LogP contribution in [0.15, 0.2) is 36.5 Å². The maximum atomic E-state index is 9.11. The van der Waals surface area contributed by atoms with Crippen LogP contribution in [0.2, 0.25) is 5.02 Å². The first-order valence-corrected chi connectivity index (χ1v) is 6.86. The first-order chi connectivity index (χ1) is 9.78. The highest BCUT2D eigenvalue weighted by atomic mass is 35.5. The molecular formula is C15H15ClN2O2. The Hall–Kier alpha value is -1.78. The van der Waals surface area contributed by atoms with E-state index in [-0.39, 0.29) is 6.61 Å². The molecule has 2 aromatic rings. The molecule has 0 aliphatic carbocycles. The SMILES string of the molecule is OCc1cnc(N2CCOc3ccccc3C2)c(Cl)c1. The number of hydrogen-bond acceptors (Lipinski definition) is 4. The van der Waals surface area contributed by atoms with Crippen LogP contribution in [0, 0.1) is 0 Å². The predicted octanol–water partition coefficient (Wildman–Crippen LogP) is 2.63. The van der Waals surface area contributed by atoms with Gasteiger partial charge in [-0.3, -0.25) is 0 Å². The van der Waals surface area contributed by atoms with E-state index in [2.05, 4.69) is 9.88 Å². The lowest BCUT2D eigenvalue weighted by Gasteiger charge is -2.22. The summed E-state index contributed by atoms with van der Waals surface area (Å²) in [5.41, 5.74) is 1.83. The first kappa shape index (κ1) is 13.2. The zero-order chi connectivity index (χ0) is 13.9. The number of aromatic nitrogens is 1. The van der Waals surface area contributed by atoms with Crippen LogP contribution in [0.3, 0.4) is 0 Å². The smallest absolute Gasteiger partial charge is 0.147 e. The summed E-state index contributed by atoms with van der Waals surface area (Å²) < 4.78 is 5.73. The number of hydrogen-bond donors (Lipinski definition) is 1. The van der Waals surface area contributed by atoms with Crippen molar-refractivity contribution in [2.45, 2.75) is 13.2 Å². The molecule has 0 saturated carbocycles. The Bertz CT molecular complexity index is 619. The highest BCUT2D eigenvalue weighted by Crippen LogP contribution is 2.29. The van der Waals surface area contributed by atoms with Gasteiger partial charge >= 0.3 is 0 Å². The summed E-state index contributed by atoms with van der Waals surface area (Å²) >= 11 is 6.27. The van der Waals surface area contributed by atoms with E-state index in [9.17, 15) is 0 Å². The molecule has 20 heavy (non-hydrogen) atoms. The van der Waals surface area contributed by atoms with Crippen molar-refractivity contribution in [3.63, 3.8) is 0 Å². The number of halogens is 1. The van der Waals surface area contributed by atoms with Crippen LogP contribution < -0.4 is 9.64 Å². The zero-order valence-corrected chi connectivity index (χ0v) is 11.7. The Morgan fingerprint density at radius 1 is 1.35 bits per heavy atom. The van der Waals surface area contributed by atoms with Gasteiger partial charge in [0.15, 0.2) is 0 Å². The van der Waals surface area contributed by atoms with Crippen molar-refractivity contribution in [3.8, 4) is 5.75 Å². The molecule has 104 valence electrons. The Morgan fingerprint density at radius 3 is 3.00 bits per heavy atom. The lowest BCUT2D eigenvalue weighted by molar-refractivity contribution is 0.281. The van der Waals surface area contributed by atoms with E-state index in [0.717, 1.165) is 23.7 Å². The van der Waals surface area contributed by atoms with Gasteiger partial charge < -0.3 is 14.7 Å². The van der Waals surface area contributed by atoms with Crippen molar-refractivity contribution in [1.29, 1.82) is 0 Å². The van der Waals surface area contributed by atoms with E-state index < -0.39 is 0 Å². The second-order valence-electron chi connectivity index (χ2n) is 4.68. The molecular weight excluding hydrogens is 276 g/mol. The number of aliphatic hydroxyl groups is 1. The van der Waals surface area contributed by atoms with Crippen molar-refractivity contribution in [2.24, 2.45) is 0 Å². The van der Waals surface area contributed by atoms with Gasteiger partial charge in [-0.1, -0.05) is 29.8 Å². The second-order valence-corrected chi connectivity index (χ2v) is 5.09. The Morgan fingerprint density at radius 2 is 2.20 bits per heavy atom. The molecule has 1 aliphatic heterocycles. The highest BCUT2D eigenvalue weighted by molar-refractivity contribution is 6.33. The molecule has 1 aromatic heterocycles. The number of anilines is 1. The number of rotatable bonds is 2. The summed E-state index contributed by atoms with van der Waals surface area (Å²) in [4.78, 5) is 6.46. The summed E-state index contributed by atoms with van der Waals surface area (Å²) in [5.74, 6) is 1.64. The van der Waals surface area contributed by atoms with Crippen LogP contribution in [0.4, 0.5) is 5.82 Å². The molecule has 4 nitrogen and oxygen atoms in total. The van der Waals surface area contributed by atoms with E-state index in [1.165, 1.54) is 0 Å². The van der Waals surface area contributed by atoms with E-state index in [4.69, 9.17) is 21.4 Å². The van der Waals surface area contributed by atoms with Crippen molar-refractivity contribution < 1.29 is 9.84 Å². The van der Waals surface area contributed by atoms with Crippen molar-refractivity contribution in [2.75, 3.05) is 18.1 Å². The molecule has 3 rings (SSSR count). The van der Waals surface area contributed by atoms with Crippen LogP contribution in [0.5, 0.6) is 5.75 Å². The fraction of sp³-hybridized carbons (Fsp3) is 0.267. The van der Waals surface area contributed by atoms with Crippen LogP contribution in [0.25, 0.3) is 0 Å². The Balaban J connectivity index is 1.91. The van der Waals surface area contributed by atoms with Gasteiger partial charge in [-0.05, 0) is 17.7 Å². The number of aliphatic hydroxyl groups excluding tert-OH is 1. The van der Waals surface area contributed by atoms with Crippen molar-refractivity contribution in [1.82, 2.24) is 4.98 Å². The molecule has 1 aliphatic rings. The maximum absolute atomic E-state index is 9.11. The van der Waals surface area contributed by atoms with E-state index >= 15 is 0 Å². The quantitative estimate of drug-likeness (QED) is 0.923. The number of para-hydroxylation sites is 1. The lowest BCUT2D eigenvalue weighted by atomic mass is 10.2. The molecule has 0 spiro atoms. The second kappa shape index (κ2) is 5.69. The fourth-order valence-electron chi connectivity index (χ4n) is 2.30. The summed E-state index contributed by atoms with van der Waals surface area (Å²) in [6.07, 6.45) is 1.65. The summed E-state index contributed by atoms with van der Waals surface area (Å²) in [6, 6.07) is 9.74. The molecule has 2 heterocycles. The minimum absolute atomic E-state index is 0.0566. The van der Waals surface area contributed by atoms with Crippen LogP contribution >= 0.6 is 11.6 Å². The minimum atomic E-state index is -0.0566. The third kappa shape index (κ3) is 2.57. The van der Waals surface area contributed by atoms with Gasteiger partial charge in [-0.25, -0.2) is 4.98 Å². The highest BCUT2D eigenvalue weighted by Gasteiger charge is 2.18. The zero-order valence-electron chi connectivity index (χ0n) is 10.9. The normalized spacial score (nSPS) is 14.4. The van der Waals surface area contributed by atoms with Crippen molar-refractivity contribution >= 4 is 17.4 Å². The van der Waals surface area contributed by atoms with Gasteiger partial charge in [-0.2, -0.15) is 0 Å². The number of benzene rings is 1. The third-order valence-electron chi connectivity index (χ3n) is 3.31. The average Bonchev–Trinajstić information content (AvgIpc) is 2.69. The number of nitrogens with zero attached hydrogens (tertiary/aromatic N) is 2. The molecule has 5 heteroatoms. The fourth-order valence-corrected chi connectivity index (χ4v) is 2.60. The van der Waals surface area contributed by atoms with Crippen LogP contribution in [0.1, 0.15) is 11.1 Å². The molecule has 0 saturated heterocycles. The summed E-state index contributed by atoms with van der Waals surface area (Å²) in [6.45, 7) is 1.97. The number of pyridine rings is 1. The van der Waals surface area contributed by atoms with Gasteiger partial charge in [-0.15, -0.1) is 0 Å². The van der Waals surface area contributed by atoms with Gasteiger partial charge in [0.2, 0.25) is 0 Å². The number of fused-ring (bicyclic) bond motifs is 1.